The van der Waals surface area contributed by atoms with E-state index in [1.807, 2.05) is 69.3 Å². The maximum Gasteiger partial charge on any atom is 0.125 e. The van der Waals surface area contributed by atoms with Crippen LogP contribution in [0.4, 0.5) is 0 Å². The van der Waals surface area contributed by atoms with Crippen molar-refractivity contribution >= 4 is 21.6 Å². The number of allylic oxidation sites excluding steroid dienone is 1. The van der Waals surface area contributed by atoms with Gasteiger partial charge in [-0.05, 0) is 69.0 Å². The molecule has 168 valence electrons. The molecule has 0 aromatic heterocycles. The summed E-state index contributed by atoms with van der Waals surface area (Å²) in [7, 11) is 1.54. The third-order valence-corrected chi connectivity index (χ3v) is 5.09. The van der Waals surface area contributed by atoms with Gasteiger partial charge < -0.3 is 19.0 Å². The summed E-state index contributed by atoms with van der Waals surface area (Å²) in [5.41, 5.74) is 3.93. The Bertz CT molecular complexity index is 839. The molecule has 0 fully saturated rings. The summed E-state index contributed by atoms with van der Waals surface area (Å²) in [6.45, 7) is 8.35. The van der Waals surface area contributed by atoms with E-state index in [-0.39, 0.29) is 0 Å². The highest BCUT2D eigenvalue weighted by molar-refractivity contribution is 9.10. The summed E-state index contributed by atoms with van der Waals surface area (Å²) in [6, 6.07) is 12.0. The van der Waals surface area contributed by atoms with Crippen LogP contribution in [-0.4, -0.2) is 39.2 Å². The molecular formula is C25H32BrNO4. The molecule has 0 atom stereocenters. The van der Waals surface area contributed by atoms with Crippen LogP contribution >= 0.6 is 15.9 Å². The molecule has 0 N–H and O–H groups in total. The summed E-state index contributed by atoms with van der Waals surface area (Å²) in [6.07, 6.45) is 5.78. The first-order valence-electron chi connectivity index (χ1n) is 10.5. The molecule has 0 heterocycles. The van der Waals surface area contributed by atoms with E-state index in [1.54, 1.807) is 7.11 Å². The van der Waals surface area contributed by atoms with E-state index in [4.69, 9.17) is 19.0 Å². The molecular weight excluding hydrogens is 458 g/mol. The van der Waals surface area contributed by atoms with Gasteiger partial charge in [-0.3, -0.25) is 0 Å². The minimum Gasteiger partial charge on any atom is -0.493 e. The lowest BCUT2D eigenvalue weighted by Crippen LogP contribution is -2.12. The van der Waals surface area contributed by atoms with Gasteiger partial charge in [-0.15, -0.1) is 0 Å². The van der Waals surface area contributed by atoms with Gasteiger partial charge in [0.2, 0.25) is 0 Å². The predicted octanol–water partition coefficient (Wildman–Crippen LogP) is 6.25. The Morgan fingerprint density at radius 3 is 2.32 bits per heavy atom. The zero-order valence-corrected chi connectivity index (χ0v) is 20.4. The van der Waals surface area contributed by atoms with Gasteiger partial charge in [0, 0.05) is 16.6 Å². The summed E-state index contributed by atoms with van der Waals surface area (Å²) >= 11 is 3.44. The number of oxime groups is 1. The van der Waals surface area contributed by atoms with E-state index in [0.29, 0.717) is 26.4 Å². The van der Waals surface area contributed by atoms with Crippen molar-refractivity contribution < 1.29 is 19.0 Å². The lowest BCUT2D eigenvalue weighted by Gasteiger charge is -2.14. The molecule has 0 spiro atoms. The largest absolute Gasteiger partial charge is 0.493 e. The minimum absolute atomic E-state index is 0.406. The number of benzene rings is 2. The number of ether oxygens (including phenoxy) is 3. The Labute approximate surface area is 194 Å². The topological polar surface area (TPSA) is 49.3 Å². The Morgan fingerprint density at radius 2 is 1.68 bits per heavy atom. The molecule has 2 rings (SSSR count). The highest BCUT2D eigenvalue weighted by Crippen LogP contribution is 2.28. The van der Waals surface area contributed by atoms with Crippen LogP contribution < -0.4 is 9.47 Å². The number of hydrogen-bond donors (Lipinski definition) is 0. The molecule has 0 aliphatic heterocycles. The normalized spacial score (nSPS) is 11.7. The number of aryl methyl sites for hydroxylation is 2. The van der Waals surface area contributed by atoms with Crippen molar-refractivity contribution in [3.63, 3.8) is 0 Å². The number of nitrogens with zero attached hydrogens (tertiary/aromatic N) is 1. The second-order valence-corrected chi connectivity index (χ2v) is 8.02. The molecule has 0 radical (unpaired) electrons. The average Bonchev–Trinajstić information content (AvgIpc) is 2.74. The number of unbranched alkanes of at least 4 members (excludes halogenated alkanes) is 1. The van der Waals surface area contributed by atoms with Gasteiger partial charge in [-0.1, -0.05) is 45.4 Å². The van der Waals surface area contributed by atoms with Gasteiger partial charge in [-0.2, -0.15) is 0 Å². The summed E-state index contributed by atoms with van der Waals surface area (Å²) in [4.78, 5) is 4.96. The van der Waals surface area contributed by atoms with Crippen molar-refractivity contribution in [3.05, 3.63) is 69.7 Å². The molecule has 0 saturated heterocycles. The second-order valence-electron chi connectivity index (χ2n) is 7.10. The lowest BCUT2D eigenvalue weighted by molar-refractivity contribution is 0.154. The first-order chi connectivity index (χ1) is 15.0. The van der Waals surface area contributed by atoms with E-state index in [1.165, 1.54) is 0 Å². The Kier molecular flexibility index (Phi) is 11.2. The molecule has 6 heteroatoms. The molecule has 31 heavy (non-hydrogen) atoms. The van der Waals surface area contributed by atoms with Crippen LogP contribution in [-0.2, 0) is 9.57 Å². The Hall–Kier alpha value is -2.31. The van der Waals surface area contributed by atoms with Crippen molar-refractivity contribution in [2.24, 2.45) is 5.16 Å². The molecule has 0 aliphatic carbocycles. The second kappa shape index (κ2) is 13.9. The lowest BCUT2D eigenvalue weighted by atomic mass is 10.1. The maximum atomic E-state index is 6.02. The zero-order chi connectivity index (χ0) is 22.5. The van der Waals surface area contributed by atoms with Gasteiger partial charge in [0.25, 0.3) is 0 Å². The van der Waals surface area contributed by atoms with E-state index in [9.17, 15) is 0 Å². The fourth-order valence-corrected chi connectivity index (χ4v) is 3.29. The molecule has 2 aromatic carbocycles. The molecule has 5 nitrogen and oxygen atoms in total. The van der Waals surface area contributed by atoms with Crippen molar-refractivity contribution in [3.8, 4) is 11.5 Å². The fraction of sp³-hybridized carbons (Fsp3) is 0.400. The molecule has 0 aliphatic rings. The van der Waals surface area contributed by atoms with Crippen LogP contribution in [0.15, 0.2) is 58.2 Å². The first-order valence-corrected chi connectivity index (χ1v) is 11.3. The Morgan fingerprint density at radius 1 is 1.00 bits per heavy atom. The van der Waals surface area contributed by atoms with Crippen LogP contribution in [0.5, 0.6) is 11.5 Å². The van der Waals surface area contributed by atoms with Gasteiger partial charge in [0.15, 0.2) is 0 Å². The standard InChI is InChI=1S/C25H32BrNO4/c1-5-6-14-30-23-16-19(2)25(20(3)17-23)31-15-8-7-13-29-18-24(27-28-4)21-9-11-22(26)12-10-21/h5-6,9-12,16-17H,7-8,13-15,18H2,1-4H3/b6-5+,27-24-. The summed E-state index contributed by atoms with van der Waals surface area (Å²) < 4.78 is 18.6. The number of rotatable bonds is 13. The van der Waals surface area contributed by atoms with Gasteiger partial charge >= 0.3 is 0 Å². The molecule has 0 saturated carbocycles. The third-order valence-electron chi connectivity index (χ3n) is 4.56. The summed E-state index contributed by atoms with van der Waals surface area (Å²) in [5.74, 6) is 1.80. The minimum atomic E-state index is 0.406. The highest BCUT2D eigenvalue weighted by atomic mass is 79.9. The van der Waals surface area contributed by atoms with Crippen molar-refractivity contribution in [1.29, 1.82) is 0 Å². The van der Waals surface area contributed by atoms with Crippen LogP contribution in [0.25, 0.3) is 0 Å². The van der Waals surface area contributed by atoms with E-state index in [0.717, 1.165) is 51.2 Å². The van der Waals surface area contributed by atoms with E-state index < -0.39 is 0 Å². The van der Waals surface area contributed by atoms with Crippen LogP contribution in [0.2, 0.25) is 0 Å². The van der Waals surface area contributed by atoms with Gasteiger partial charge in [0.05, 0.1) is 13.2 Å². The van der Waals surface area contributed by atoms with E-state index in [2.05, 4.69) is 21.1 Å². The quantitative estimate of drug-likeness (QED) is 0.144. The first kappa shape index (κ1) is 25.0. The van der Waals surface area contributed by atoms with Crippen LogP contribution in [0, 0.1) is 13.8 Å². The fourth-order valence-electron chi connectivity index (χ4n) is 3.03. The van der Waals surface area contributed by atoms with Crippen molar-refractivity contribution in [1.82, 2.24) is 0 Å². The van der Waals surface area contributed by atoms with Gasteiger partial charge in [0.1, 0.15) is 30.9 Å². The maximum absolute atomic E-state index is 6.02. The van der Waals surface area contributed by atoms with Crippen molar-refractivity contribution in [2.75, 3.05) is 33.5 Å². The van der Waals surface area contributed by atoms with Gasteiger partial charge in [-0.25, -0.2) is 0 Å². The molecule has 0 bridgehead atoms. The highest BCUT2D eigenvalue weighted by Gasteiger charge is 2.08. The smallest absolute Gasteiger partial charge is 0.125 e. The van der Waals surface area contributed by atoms with Crippen molar-refractivity contribution in [2.45, 2.75) is 33.6 Å². The molecule has 2 aromatic rings. The SMILES string of the molecule is C/C=C/COc1cc(C)c(OCCCCOC/C(=N/OC)c2ccc(Br)cc2)c(C)c1. The summed E-state index contributed by atoms with van der Waals surface area (Å²) in [5, 5.41) is 4.09. The molecule has 0 amide bonds. The average molecular weight is 490 g/mol. The van der Waals surface area contributed by atoms with Crippen LogP contribution in [0.1, 0.15) is 36.5 Å². The Balaban J connectivity index is 1.72. The number of halogens is 1. The zero-order valence-electron chi connectivity index (χ0n) is 18.8. The monoisotopic (exact) mass is 489 g/mol. The molecule has 0 unspecified atom stereocenters. The predicted molar refractivity (Wildman–Crippen MR) is 129 cm³/mol. The van der Waals surface area contributed by atoms with E-state index >= 15 is 0 Å². The third kappa shape index (κ3) is 8.75. The van der Waals surface area contributed by atoms with Crippen LogP contribution in [0.3, 0.4) is 0 Å². The number of hydrogen-bond acceptors (Lipinski definition) is 5.